The van der Waals surface area contributed by atoms with Crippen molar-refractivity contribution < 1.29 is 9.53 Å². The van der Waals surface area contributed by atoms with Gasteiger partial charge in [-0.1, -0.05) is 35.5 Å². The van der Waals surface area contributed by atoms with Crippen molar-refractivity contribution in [2.45, 2.75) is 9.24 Å². The van der Waals surface area contributed by atoms with E-state index in [0.29, 0.717) is 10.6 Å². The summed E-state index contributed by atoms with van der Waals surface area (Å²) in [7, 11) is 1.38. The smallest absolute Gasteiger partial charge is 0.339 e. The molecule has 3 aromatic rings. The number of benzene rings is 2. The normalized spacial score (nSPS) is 10.8. The highest BCUT2D eigenvalue weighted by Gasteiger charge is 2.14. The molecule has 0 bridgehead atoms. The molecule has 0 saturated carbocycles. The van der Waals surface area contributed by atoms with E-state index < -0.39 is 0 Å². The zero-order valence-corrected chi connectivity index (χ0v) is 13.4. The molecule has 2 aromatic carbocycles. The van der Waals surface area contributed by atoms with Gasteiger partial charge in [0.05, 0.1) is 22.9 Å². The van der Waals surface area contributed by atoms with E-state index in [4.69, 9.17) is 16.3 Å². The predicted octanol–water partition coefficient (Wildman–Crippen LogP) is 4.89. The van der Waals surface area contributed by atoms with Gasteiger partial charge in [0.15, 0.2) is 4.34 Å². The van der Waals surface area contributed by atoms with Gasteiger partial charge in [0, 0.05) is 9.92 Å². The molecule has 1 heterocycles. The number of carbonyl (C=O) groups is 1. The summed E-state index contributed by atoms with van der Waals surface area (Å²) in [6, 6.07) is 12.9. The minimum absolute atomic E-state index is 0.345. The fourth-order valence-electron chi connectivity index (χ4n) is 1.85. The van der Waals surface area contributed by atoms with E-state index in [1.807, 2.05) is 36.4 Å². The van der Waals surface area contributed by atoms with E-state index in [1.165, 1.54) is 18.9 Å². The summed E-state index contributed by atoms with van der Waals surface area (Å²) in [6.45, 7) is 0. The van der Waals surface area contributed by atoms with Crippen LogP contribution in [0.5, 0.6) is 0 Å². The van der Waals surface area contributed by atoms with Crippen molar-refractivity contribution in [1.82, 2.24) is 4.98 Å². The van der Waals surface area contributed by atoms with E-state index >= 15 is 0 Å². The average molecular weight is 336 g/mol. The Morgan fingerprint density at radius 3 is 2.90 bits per heavy atom. The Labute approximate surface area is 134 Å². The Morgan fingerprint density at radius 2 is 2.10 bits per heavy atom. The molecule has 0 unspecified atom stereocenters. The van der Waals surface area contributed by atoms with Gasteiger partial charge in [-0.05, 0) is 30.3 Å². The van der Waals surface area contributed by atoms with Crippen molar-refractivity contribution in [3.63, 3.8) is 0 Å². The first-order valence-corrected chi connectivity index (χ1v) is 8.10. The monoisotopic (exact) mass is 335 g/mol. The number of esters is 1. The second kappa shape index (κ2) is 6.05. The summed E-state index contributed by atoms with van der Waals surface area (Å²) in [5.41, 5.74) is 1.45. The van der Waals surface area contributed by atoms with Gasteiger partial charge in [0.1, 0.15) is 0 Å². The molecule has 0 amide bonds. The van der Waals surface area contributed by atoms with E-state index in [-0.39, 0.29) is 5.97 Å². The molecule has 0 atom stereocenters. The minimum atomic E-state index is -0.345. The Hall–Kier alpha value is -1.56. The summed E-state index contributed by atoms with van der Waals surface area (Å²) in [4.78, 5) is 17.1. The molecule has 3 nitrogen and oxygen atoms in total. The second-order valence-corrected chi connectivity index (χ2v) is 6.94. The third kappa shape index (κ3) is 3.05. The molecule has 0 saturated heterocycles. The SMILES string of the molecule is COC(=O)c1ccccc1Sc1nc2ccc(Cl)cc2s1. The molecule has 0 aliphatic carbocycles. The average Bonchev–Trinajstić information content (AvgIpc) is 2.88. The first-order valence-electron chi connectivity index (χ1n) is 6.08. The van der Waals surface area contributed by atoms with Crippen LogP contribution < -0.4 is 0 Å². The van der Waals surface area contributed by atoms with Gasteiger partial charge >= 0.3 is 5.97 Å². The third-order valence-electron chi connectivity index (χ3n) is 2.82. The Morgan fingerprint density at radius 1 is 1.29 bits per heavy atom. The highest BCUT2D eigenvalue weighted by molar-refractivity contribution is 8.01. The number of fused-ring (bicyclic) bond motifs is 1. The number of methoxy groups -OCH3 is 1. The summed E-state index contributed by atoms with van der Waals surface area (Å²) in [6.07, 6.45) is 0. The van der Waals surface area contributed by atoms with Crippen LogP contribution in [0.4, 0.5) is 0 Å². The van der Waals surface area contributed by atoms with Crippen LogP contribution in [0.3, 0.4) is 0 Å². The summed E-state index contributed by atoms with van der Waals surface area (Å²) in [5.74, 6) is -0.345. The molecule has 0 aliphatic heterocycles. The molecule has 3 rings (SSSR count). The van der Waals surface area contributed by atoms with Gasteiger partial charge in [-0.15, -0.1) is 11.3 Å². The van der Waals surface area contributed by atoms with E-state index in [0.717, 1.165) is 19.5 Å². The van der Waals surface area contributed by atoms with Crippen molar-refractivity contribution in [1.29, 1.82) is 0 Å². The van der Waals surface area contributed by atoms with Crippen molar-refractivity contribution in [3.8, 4) is 0 Å². The lowest BCUT2D eigenvalue weighted by Gasteiger charge is -2.04. The highest BCUT2D eigenvalue weighted by atomic mass is 35.5. The number of carbonyl (C=O) groups excluding carboxylic acids is 1. The fraction of sp³-hybridized carbons (Fsp3) is 0.0667. The molecule has 1 aromatic heterocycles. The van der Waals surface area contributed by atoms with Crippen molar-refractivity contribution >= 4 is 50.9 Å². The zero-order valence-electron chi connectivity index (χ0n) is 11.0. The molecule has 0 fully saturated rings. The summed E-state index contributed by atoms with van der Waals surface area (Å²) < 4.78 is 6.70. The number of rotatable bonds is 3. The first-order chi connectivity index (χ1) is 10.2. The molecule has 0 aliphatic rings. The number of ether oxygens (including phenoxy) is 1. The number of hydrogen-bond acceptors (Lipinski definition) is 5. The molecule has 6 heteroatoms. The van der Waals surface area contributed by atoms with Crippen LogP contribution in [0, 0.1) is 0 Å². The van der Waals surface area contributed by atoms with E-state index in [2.05, 4.69) is 4.98 Å². The summed E-state index contributed by atoms with van der Waals surface area (Å²) in [5, 5.41) is 0.692. The topological polar surface area (TPSA) is 39.2 Å². The summed E-state index contributed by atoms with van der Waals surface area (Å²) >= 11 is 8.99. The maximum absolute atomic E-state index is 11.8. The fourth-order valence-corrected chi connectivity index (χ4v) is 4.27. The highest BCUT2D eigenvalue weighted by Crippen LogP contribution is 2.36. The van der Waals surface area contributed by atoms with Crippen LogP contribution in [0.1, 0.15) is 10.4 Å². The van der Waals surface area contributed by atoms with Crippen molar-refractivity contribution in [2.24, 2.45) is 0 Å². The molecular formula is C15H10ClNO2S2. The number of aromatic nitrogens is 1. The van der Waals surface area contributed by atoms with Crippen LogP contribution in [0.25, 0.3) is 10.2 Å². The second-order valence-electron chi connectivity index (χ2n) is 4.18. The zero-order chi connectivity index (χ0) is 14.8. The van der Waals surface area contributed by atoms with Gasteiger partial charge in [-0.2, -0.15) is 0 Å². The van der Waals surface area contributed by atoms with Crippen LogP contribution in [-0.4, -0.2) is 18.1 Å². The number of halogens is 1. The molecule has 0 spiro atoms. The lowest BCUT2D eigenvalue weighted by atomic mass is 10.2. The van der Waals surface area contributed by atoms with Crippen LogP contribution in [0.15, 0.2) is 51.7 Å². The minimum Gasteiger partial charge on any atom is -0.465 e. The first kappa shape index (κ1) is 14.4. The number of thiazole rings is 1. The molecule has 0 N–H and O–H groups in total. The van der Waals surface area contributed by atoms with Crippen LogP contribution in [0.2, 0.25) is 5.02 Å². The standard InChI is InChI=1S/C15H10ClNO2S2/c1-19-14(18)10-4-2-3-5-12(10)20-15-17-11-7-6-9(16)8-13(11)21-15/h2-8H,1H3. The van der Waals surface area contributed by atoms with E-state index in [9.17, 15) is 4.79 Å². The quantitative estimate of drug-likeness (QED) is 0.639. The van der Waals surface area contributed by atoms with Gasteiger partial charge in [0.25, 0.3) is 0 Å². The van der Waals surface area contributed by atoms with Crippen molar-refractivity contribution in [2.75, 3.05) is 7.11 Å². The Bertz CT molecular complexity index is 816. The van der Waals surface area contributed by atoms with Gasteiger partial charge in [-0.25, -0.2) is 9.78 Å². The largest absolute Gasteiger partial charge is 0.465 e. The molecule has 0 radical (unpaired) electrons. The maximum Gasteiger partial charge on any atom is 0.339 e. The Balaban J connectivity index is 1.97. The predicted molar refractivity (Wildman–Crippen MR) is 86.5 cm³/mol. The van der Waals surface area contributed by atoms with Crippen LogP contribution in [-0.2, 0) is 4.74 Å². The number of nitrogens with zero attached hydrogens (tertiary/aromatic N) is 1. The Kier molecular flexibility index (Phi) is 4.14. The molecule has 21 heavy (non-hydrogen) atoms. The molecule has 106 valence electrons. The number of hydrogen-bond donors (Lipinski definition) is 0. The van der Waals surface area contributed by atoms with Gasteiger partial charge in [0.2, 0.25) is 0 Å². The van der Waals surface area contributed by atoms with E-state index in [1.54, 1.807) is 17.4 Å². The van der Waals surface area contributed by atoms with Crippen LogP contribution >= 0.6 is 34.7 Å². The lowest BCUT2D eigenvalue weighted by molar-refractivity contribution is 0.0597. The maximum atomic E-state index is 11.8. The van der Waals surface area contributed by atoms with Gasteiger partial charge in [-0.3, -0.25) is 0 Å². The van der Waals surface area contributed by atoms with Crippen molar-refractivity contribution in [3.05, 3.63) is 53.1 Å². The lowest BCUT2D eigenvalue weighted by Crippen LogP contribution is -2.02. The third-order valence-corrected chi connectivity index (χ3v) is 5.21. The molecular weight excluding hydrogens is 326 g/mol. The van der Waals surface area contributed by atoms with Gasteiger partial charge < -0.3 is 4.74 Å².